The number of hydrogen-bond acceptors (Lipinski definition) is 8. The molecule has 3 aromatic rings. The van der Waals surface area contributed by atoms with Crippen LogP contribution in [0.2, 0.25) is 0 Å². The van der Waals surface area contributed by atoms with E-state index in [1.165, 1.54) is 11.1 Å². The first-order valence-electron chi connectivity index (χ1n) is 13.0. The molecule has 0 bridgehead atoms. The predicted molar refractivity (Wildman–Crippen MR) is 144 cm³/mol. The monoisotopic (exact) mass is 551 g/mol. The Hall–Kier alpha value is -4.00. The second kappa shape index (κ2) is 10.9. The molecule has 12 nitrogen and oxygen atoms in total. The van der Waals surface area contributed by atoms with E-state index in [0.717, 1.165) is 16.7 Å². The van der Waals surface area contributed by atoms with Gasteiger partial charge in [-0.05, 0) is 23.8 Å². The van der Waals surface area contributed by atoms with Crippen molar-refractivity contribution in [1.82, 2.24) is 19.4 Å². The van der Waals surface area contributed by atoms with Crippen LogP contribution in [0, 0.1) is 10.1 Å². The number of fused-ring (bicyclic) bond motifs is 1. The summed E-state index contributed by atoms with van der Waals surface area (Å²) in [5, 5.41) is 20.9. The van der Waals surface area contributed by atoms with Crippen molar-refractivity contribution < 1.29 is 29.0 Å². The zero-order chi connectivity index (χ0) is 28.5. The molecule has 2 aliphatic heterocycles. The van der Waals surface area contributed by atoms with Gasteiger partial charge in [0.25, 0.3) is 0 Å². The normalized spacial score (nSPS) is 21.2. The zero-order valence-electron chi connectivity index (χ0n) is 22.7. The Balaban J connectivity index is 1.29. The van der Waals surface area contributed by atoms with Crippen LogP contribution in [0.1, 0.15) is 23.6 Å². The molecule has 1 N–H and O–H groups in total. The lowest BCUT2D eigenvalue weighted by atomic mass is 9.94. The average Bonchev–Trinajstić information content (AvgIpc) is 3.46. The molecule has 0 radical (unpaired) electrons. The molecule has 1 aromatic heterocycles. The number of carbonyl (C=O) groups is 1. The van der Waals surface area contributed by atoms with Crippen molar-refractivity contribution in [3.05, 3.63) is 87.6 Å². The van der Waals surface area contributed by atoms with Gasteiger partial charge in [0.2, 0.25) is 5.79 Å². The lowest BCUT2D eigenvalue weighted by molar-refractivity contribution is -0.389. The fourth-order valence-corrected chi connectivity index (χ4v) is 5.84. The Kier molecular flexibility index (Phi) is 7.49. The summed E-state index contributed by atoms with van der Waals surface area (Å²) in [4.78, 5) is 30.2. The molecule has 1 amide bonds. The molecule has 40 heavy (non-hydrogen) atoms. The maximum atomic E-state index is 12.1. The highest BCUT2D eigenvalue weighted by Gasteiger charge is 2.43. The molecule has 12 heteroatoms. The quantitative estimate of drug-likeness (QED) is 0.242. The maximum Gasteiger partial charge on any atom is 0.415 e. The third kappa shape index (κ3) is 5.25. The van der Waals surface area contributed by atoms with Gasteiger partial charge in [0, 0.05) is 56.5 Å². The number of nitro groups is 1. The van der Waals surface area contributed by atoms with Crippen LogP contribution in [0.25, 0.3) is 0 Å². The molecule has 0 saturated carbocycles. The Morgan fingerprint density at radius 2 is 1.82 bits per heavy atom. The molecular formula is C28H33N5O7. The highest BCUT2D eigenvalue weighted by atomic mass is 16.7. The first kappa shape index (κ1) is 27.6. The van der Waals surface area contributed by atoms with Gasteiger partial charge in [-0.3, -0.25) is 9.47 Å². The zero-order valence-corrected chi connectivity index (χ0v) is 22.7. The van der Waals surface area contributed by atoms with Crippen LogP contribution in [0.4, 0.5) is 10.6 Å². The molecule has 1 fully saturated rings. The average molecular weight is 552 g/mol. The number of nitrogens with zero attached hydrogens (tertiary/aromatic N) is 5. The van der Waals surface area contributed by atoms with Gasteiger partial charge in [-0.1, -0.05) is 54.6 Å². The summed E-state index contributed by atoms with van der Waals surface area (Å²) >= 11 is 0. The van der Waals surface area contributed by atoms with Gasteiger partial charge >= 0.3 is 17.9 Å². The molecule has 5 rings (SSSR count). The number of methoxy groups -OCH3 is 2. The molecule has 2 aromatic carbocycles. The number of aromatic nitrogens is 2. The minimum absolute atomic E-state index is 0.230. The Morgan fingerprint density at radius 1 is 1.15 bits per heavy atom. The molecule has 0 aliphatic carbocycles. The standard InChI is InChI=1S/C28H33N5O7/c1-27(19-31-17-24(33(36)37)29-25(31)40-27)18-30-13-14-32(26(34)35)23(16-30)15-20-9-11-22(12-10-20)28(38-2,39-3)21-7-5-4-6-8-21/h4-12,17,23H,13-16,18-19H2,1-3H3,(H,34,35). The van der Waals surface area contributed by atoms with Gasteiger partial charge in [0.05, 0.1) is 12.6 Å². The van der Waals surface area contributed by atoms with E-state index >= 15 is 0 Å². The van der Waals surface area contributed by atoms with Crippen LogP contribution in [0.5, 0.6) is 6.01 Å². The second-order valence-corrected chi connectivity index (χ2v) is 10.5. The molecule has 3 heterocycles. The molecule has 1 saturated heterocycles. The fraction of sp³-hybridized carbons (Fsp3) is 0.429. The fourth-order valence-electron chi connectivity index (χ4n) is 5.84. The summed E-state index contributed by atoms with van der Waals surface area (Å²) in [6.07, 6.45) is 0.973. The highest BCUT2D eigenvalue weighted by molar-refractivity contribution is 5.65. The van der Waals surface area contributed by atoms with E-state index in [-0.39, 0.29) is 17.9 Å². The summed E-state index contributed by atoms with van der Waals surface area (Å²) in [7, 11) is 3.21. The maximum absolute atomic E-state index is 12.1. The predicted octanol–water partition coefficient (Wildman–Crippen LogP) is 3.34. The van der Waals surface area contributed by atoms with Crippen molar-refractivity contribution in [2.24, 2.45) is 0 Å². The summed E-state index contributed by atoms with van der Waals surface area (Å²) in [6, 6.07) is 17.5. The number of carboxylic acid groups (broad SMARTS) is 1. The van der Waals surface area contributed by atoms with Crippen LogP contribution in [0.3, 0.4) is 0 Å². The summed E-state index contributed by atoms with van der Waals surface area (Å²) in [6.45, 7) is 4.36. The molecule has 2 aliphatic rings. The topological polar surface area (TPSA) is 132 Å². The minimum Gasteiger partial charge on any atom is -0.465 e. The number of piperazine rings is 1. The number of amides is 1. The lowest BCUT2D eigenvalue weighted by Gasteiger charge is -2.42. The van der Waals surface area contributed by atoms with Crippen molar-refractivity contribution in [1.29, 1.82) is 0 Å². The largest absolute Gasteiger partial charge is 0.465 e. The number of imidazole rings is 1. The van der Waals surface area contributed by atoms with Gasteiger partial charge < -0.3 is 34.3 Å². The van der Waals surface area contributed by atoms with Crippen LogP contribution in [-0.4, -0.2) is 87.5 Å². The molecule has 2 atom stereocenters. The van der Waals surface area contributed by atoms with Crippen molar-refractivity contribution >= 4 is 11.9 Å². The van der Waals surface area contributed by atoms with Gasteiger partial charge in [-0.15, -0.1) is 0 Å². The molecule has 2 unspecified atom stereocenters. The summed E-state index contributed by atoms with van der Waals surface area (Å²) in [5.41, 5.74) is 2.06. The number of ether oxygens (including phenoxy) is 3. The van der Waals surface area contributed by atoms with E-state index in [0.29, 0.717) is 39.1 Å². The first-order valence-corrected chi connectivity index (χ1v) is 13.0. The van der Waals surface area contributed by atoms with Crippen molar-refractivity contribution in [3.8, 4) is 6.01 Å². The Bertz CT molecular complexity index is 1330. The molecule has 212 valence electrons. The summed E-state index contributed by atoms with van der Waals surface area (Å²) < 4.78 is 19.4. The van der Waals surface area contributed by atoms with E-state index in [1.54, 1.807) is 18.8 Å². The van der Waals surface area contributed by atoms with Crippen molar-refractivity contribution in [2.45, 2.75) is 37.3 Å². The SMILES string of the molecule is COC(OC)(c1ccccc1)c1ccc(CC2CN(CC3(C)Cn4cc([N+](=O)[O-])nc4O3)CCN2C(=O)O)cc1. The highest BCUT2D eigenvalue weighted by Crippen LogP contribution is 2.35. The Morgan fingerprint density at radius 3 is 2.42 bits per heavy atom. The van der Waals surface area contributed by atoms with Crippen LogP contribution >= 0.6 is 0 Å². The van der Waals surface area contributed by atoms with E-state index in [2.05, 4.69) is 9.88 Å². The van der Waals surface area contributed by atoms with Gasteiger partial charge in [-0.25, -0.2) is 4.79 Å². The number of benzene rings is 2. The van der Waals surface area contributed by atoms with Crippen molar-refractivity contribution in [2.75, 3.05) is 40.4 Å². The van der Waals surface area contributed by atoms with E-state index in [9.17, 15) is 20.0 Å². The van der Waals surface area contributed by atoms with Crippen LogP contribution in [-0.2, 0) is 28.2 Å². The lowest BCUT2D eigenvalue weighted by Crippen LogP contribution is -2.58. The number of hydrogen-bond donors (Lipinski definition) is 1. The van der Waals surface area contributed by atoms with Crippen LogP contribution in [0.15, 0.2) is 60.8 Å². The first-order chi connectivity index (χ1) is 19.2. The van der Waals surface area contributed by atoms with Gasteiger partial charge in [-0.2, -0.15) is 0 Å². The number of rotatable bonds is 9. The second-order valence-electron chi connectivity index (χ2n) is 10.5. The van der Waals surface area contributed by atoms with Gasteiger partial charge in [0.15, 0.2) is 0 Å². The van der Waals surface area contributed by atoms with E-state index < -0.39 is 22.4 Å². The third-order valence-electron chi connectivity index (χ3n) is 7.66. The van der Waals surface area contributed by atoms with Crippen LogP contribution < -0.4 is 4.74 Å². The molecular weight excluding hydrogens is 518 g/mol. The van der Waals surface area contributed by atoms with Gasteiger partial charge in [0.1, 0.15) is 11.8 Å². The summed E-state index contributed by atoms with van der Waals surface area (Å²) in [5.74, 6) is -1.30. The van der Waals surface area contributed by atoms with E-state index in [4.69, 9.17) is 14.2 Å². The third-order valence-corrected chi connectivity index (χ3v) is 7.66. The molecule has 0 spiro atoms. The smallest absolute Gasteiger partial charge is 0.415 e. The minimum atomic E-state index is -1.06. The van der Waals surface area contributed by atoms with E-state index in [1.807, 2.05) is 61.5 Å². The van der Waals surface area contributed by atoms with Crippen molar-refractivity contribution in [3.63, 3.8) is 0 Å². The Labute approximate surface area is 231 Å².